The summed E-state index contributed by atoms with van der Waals surface area (Å²) in [7, 11) is 1.50. The highest BCUT2D eigenvalue weighted by molar-refractivity contribution is 6.32. The third-order valence-electron chi connectivity index (χ3n) is 3.31. The fourth-order valence-electron chi connectivity index (χ4n) is 2.04. The molecule has 1 N–H and O–H groups in total. The van der Waals surface area contributed by atoms with Gasteiger partial charge in [-0.15, -0.1) is 0 Å². The van der Waals surface area contributed by atoms with E-state index in [9.17, 15) is 9.59 Å². The number of carbonyl (C=O) groups excluding carboxylic acids is 2. The summed E-state index contributed by atoms with van der Waals surface area (Å²) in [4.78, 5) is 24.3. The molecule has 0 aliphatic heterocycles. The number of amides is 1. The van der Waals surface area contributed by atoms with Gasteiger partial charge in [0.05, 0.1) is 17.8 Å². The molecule has 2 rings (SSSR count). The van der Waals surface area contributed by atoms with Crippen molar-refractivity contribution in [1.29, 1.82) is 0 Å². The number of benzene rings is 1. The predicted molar refractivity (Wildman–Crippen MR) is 87.5 cm³/mol. The van der Waals surface area contributed by atoms with Crippen LogP contribution < -0.4 is 10.1 Å². The Kier molecular flexibility index (Phi) is 5.46. The number of halogens is 1. The van der Waals surface area contributed by atoms with Crippen molar-refractivity contribution in [2.45, 2.75) is 26.9 Å². The molecule has 0 aliphatic carbocycles. The molecule has 0 spiro atoms. The minimum Gasteiger partial charge on any atom is -0.495 e. The van der Waals surface area contributed by atoms with Gasteiger partial charge in [-0.25, -0.2) is 4.79 Å². The van der Waals surface area contributed by atoms with Crippen LogP contribution in [0, 0.1) is 13.8 Å². The highest BCUT2D eigenvalue weighted by Gasteiger charge is 2.24. The Balaban J connectivity index is 2.02. The van der Waals surface area contributed by atoms with E-state index in [2.05, 4.69) is 10.5 Å². The summed E-state index contributed by atoms with van der Waals surface area (Å²) < 4.78 is 15.1. The predicted octanol–water partition coefficient (Wildman–Crippen LogP) is 3.14. The normalized spacial score (nSPS) is 11.7. The Bertz CT molecular complexity index is 752. The van der Waals surface area contributed by atoms with Crippen molar-refractivity contribution in [1.82, 2.24) is 5.16 Å². The van der Waals surface area contributed by atoms with E-state index in [0.717, 1.165) is 0 Å². The van der Waals surface area contributed by atoms with E-state index < -0.39 is 18.0 Å². The lowest BCUT2D eigenvalue weighted by molar-refractivity contribution is -0.123. The number of esters is 1. The van der Waals surface area contributed by atoms with Crippen LogP contribution in [0.3, 0.4) is 0 Å². The van der Waals surface area contributed by atoms with E-state index in [-0.39, 0.29) is 5.56 Å². The number of aromatic nitrogens is 1. The molecule has 0 fully saturated rings. The third kappa shape index (κ3) is 3.86. The minimum atomic E-state index is -1.01. The smallest absolute Gasteiger partial charge is 0.344 e. The number of nitrogens with one attached hydrogen (secondary N) is 1. The average Bonchev–Trinajstić information content (AvgIpc) is 2.86. The van der Waals surface area contributed by atoms with E-state index in [0.29, 0.717) is 27.9 Å². The summed E-state index contributed by atoms with van der Waals surface area (Å²) in [6, 6.07) is 4.80. The summed E-state index contributed by atoms with van der Waals surface area (Å²) >= 11 is 6.00. The summed E-state index contributed by atoms with van der Waals surface area (Å²) in [6.07, 6.45) is -1.01. The van der Waals surface area contributed by atoms with Crippen molar-refractivity contribution >= 4 is 29.2 Å². The van der Waals surface area contributed by atoms with Crippen LogP contribution in [0.2, 0.25) is 5.02 Å². The molecule has 0 aliphatic rings. The molecule has 1 atom stereocenters. The Hall–Kier alpha value is -2.54. The number of ether oxygens (including phenoxy) is 2. The molecule has 128 valence electrons. The van der Waals surface area contributed by atoms with Gasteiger partial charge in [0, 0.05) is 5.69 Å². The van der Waals surface area contributed by atoms with E-state index in [1.54, 1.807) is 32.0 Å². The van der Waals surface area contributed by atoms with E-state index in [4.69, 9.17) is 25.6 Å². The summed E-state index contributed by atoms with van der Waals surface area (Å²) in [5, 5.41) is 6.66. The zero-order valence-electron chi connectivity index (χ0n) is 13.7. The van der Waals surface area contributed by atoms with Crippen molar-refractivity contribution in [2.24, 2.45) is 0 Å². The van der Waals surface area contributed by atoms with Crippen LogP contribution in [0.1, 0.15) is 28.7 Å². The highest BCUT2D eigenvalue weighted by Crippen LogP contribution is 2.27. The van der Waals surface area contributed by atoms with Gasteiger partial charge in [-0.3, -0.25) is 4.79 Å². The summed E-state index contributed by atoms with van der Waals surface area (Å²) in [5.41, 5.74) is 1.10. The maximum Gasteiger partial charge on any atom is 0.344 e. The first-order valence-corrected chi connectivity index (χ1v) is 7.49. The van der Waals surface area contributed by atoms with Crippen molar-refractivity contribution < 1.29 is 23.6 Å². The van der Waals surface area contributed by atoms with Crippen LogP contribution in [0.25, 0.3) is 0 Å². The Morgan fingerprint density at radius 1 is 1.33 bits per heavy atom. The van der Waals surface area contributed by atoms with Gasteiger partial charge in [-0.1, -0.05) is 16.8 Å². The van der Waals surface area contributed by atoms with Crippen LogP contribution in [-0.2, 0) is 9.53 Å². The SMILES string of the molecule is COc1ccc(NC(=O)[C@H](C)OC(=O)c2c(C)noc2C)cc1Cl. The molecule has 0 unspecified atom stereocenters. The number of methoxy groups -OCH3 is 1. The molecule has 24 heavy (non-hydrogen) atoms. The topological polar surface area (TPSA) is 90.7 Å². The Morgan fingerprint density at radius 2 is 2.04 bits per heavy atom. The quantitative estimate of drug-likeness (QED) is 0.831. The van der Waals surface area contributed by atoms with Gasteiger partial charge in [0.2, 0.25) is 0 Å². The lowest BCUT2D eigenvalue weighted by atomic mass is 10.2. The highest BCUT2D eigenvalue weighted by atomic mass is 35.5. The largest absolute Gasteiger partial charge is 0.495 e. The molecular weight excluding hydrogens is 336 g/mol. The van der Waals surface area contributed by atoms with Crippen LogP contribution in [0.4, 0.5) is 5.69 Å². The number of nitrogens with zero attached hydrogens (tertiary/aromatic N) is 1. The first-order chi connectivity index (χ1) is 11.3. The van der Waals surface area contributed by atoms with Crippen molar-refractivity contribution in [2.75, 3.05) is 12.4 Å². The average molecular weight is 353 g/mol. The maximum atomic E-state index is 12.2. The van der Waals surface area contributed by atoms with Gasteiger partial charge < -0.3 is 19.3 Å². The lowest BCUT2D eigenvalue weighted by Crippen LogP contribution is -2.30. The second-order valence-electron chi connectivity index (χ2n) is 5.09. The first-order valence-electron chi connectivity index (χ1n) is 7.11. The molecule has 0 saturated carbocycles. The standard InChI is InChI=1S/C16H17ClN2O5/c1-8-14(9(2)24-19-8)16(21)23-10(3)15(20)18-11-5-6-13(22-4)12(17)7-11/h5-7,10H,1-4H3,(H,18,20)/t10-/m0/s1. The van der Waals surface area contributed by atoms with Gasteiger partial charge >= 0.3 is 5.97 Å². The summed E-state index contributed by atoms with van der Waals surface area (Å²) in [6.45, 7) is 4.69. The number of aryl methyl sites for hydroxylation is 2. The number of hydrogen-bond donors (Lipinski definition) is 1. The number of anilines is 1. The van der Waals surface area contributed by atoms with E-state index >= 15 is 0 Å². The zero-order valence-corrected chi connectivity index (χ0v) is 14.4. The number of rotatable bonds is 5. The van der Waals surface area contributed by atoms with Gasteiger partial charge in [0.25, 0.3) is 5.91 Å². The molecule has 7 nitrogen and oxygen atoms in total. The van der Waals surface area contributed by atoms with Crippen molar-refractivity contribution in [3.05, 3.63) is 40.2 Å². The monoisotopic (exact) mass is 352 g/mol. The third-order valence-corrected chi connectivity index (χ3v) is 3.61. The molecule has 0 saturated heterocycles. The van der Waals surface area contributed by atoms with Crippen LogP contribution >= 0.6 is 11.6 Å². The second-order valence-corrected chi connectivity index (χ2v) is 5.49. The first kappa shape index (κ1) is 17.8. The molecule has 1 amide bonds. The van der Waals surface area contributed by atoms with Crippen molar-refractivity contribution in [3.63, 3.8) is 0 Å². The fourth-order valence-corrected chi connectivity index (χ4v) is 2.29. The van der Waals surface area contributed by atoms with E-state index in [1.165, 1.54) is 14.0 Å². The van der Waals surface area contributed by atoms with Crippen LogP contribution in [-0.4, -0.2) is 30.2 Å². The van der Waals surface area contributed by atoms with Crippen LogP contribution in [0.15, 0.2) is 22.7 Å². The molecule has 0 bridgehead atoms. The molecule has 2 aromatic rings. The lowest BCUT2D eigenvalue weighted by Gasteiger charge is -2.14. The van der Waals surface area contributed by atoms with Gasteiger partial charge in [-0.2, -0.15) is 0 Å². The van der Waals surface area contributed by atoms with E-state index in [1.807, 2.05) is 0 Å². The molecule has 1 aromatic heterocycles. The molecule has 0 radical (unpaired) electrons. The Morgan fingerprint density at radius 3 is 2.58 bits per heavy atom. The zero-order chi connectivity index (χ0) is 17.9. The van der Waals surface area contributed by atoms with Gasteiger partial charge in [-0.05, 0) is 39.0 Å². The van der Waals surface area contributed by atoms with Gasteiger partial charge in [0.15, 0.2) is 6.10 Å². The number of hydrogen-bond acceptors (Lipinski definition) is 6. The fraction of sp³-hybridized carbons (Fsp3) is 0.312. The molecule has 1 aromatic carbocycles. The minimum absolute atomic E-state index is 0.224. The molecular formula is C16H17ClN2O5. The van der Waals surface area contributed by atoms with Crippen molar-refractivity contribution in [3.8, 4) is 5.75 Å². The second kappa shape index (κ2) is 7.35. The van der Waals surface area contributed by atoms with Gasteiger partial charge in [0.1, 0.15) is 17.1 Å². The molecule has 8 heteroatoms. The maximum absolute atomic E-state index is 12.2. The molecule has 1 heterocycles. The Labute approximate surface area is 143 Å². The summed E-state index contributed by atoms with van der Waals surface area (Å²) in [5.74, 6) is -0.322. The van der Waals surface area contributed by atoms with Crippen LogP contribution in [0.5, 0.6) is 5.75 Å². The number of carbonyl (C=O) groups is 2.